The van der Waals surface area contributed by atoms with E-state index in [0.717, 1.165) is 35.7 Å². The van der Waals surface area contributed by atoms with Crippen LogP contribution < -0.4 is 9.47 Å². The summed E-state index contributed by atoms with van der Waals surface area (Å²) in [7, 11) is 3.32. The zero-order valence-corrected chi connectivity index (χ0v) is 16.5. The molecule has 3 aromatic rings. The van der Waals surface area contributed by atoms with Gasteiger partial charge in [-0.3, -0.25) is 0 Å². The fourth-order valence-corrected chi connectivity index (χ4v) is 4.32. The Morgan fingerprint density at radius 2 is 1.72 bits per heavy atom. The lowest BCUT2D eigenvalue weighted by Gasteiger charge is -2.29. The summed E-state index contributed by atoms with van der Waals surface area (Å²) in [5.41, 5.74) is 2.33. The minimum atomic E-state index is 0.0108. The average molecular weight is 389 g/mol. The summed E-state index contributed by atoms with van der Waals surface area (Å²) in [5.74, 6) is 2.94. The summed E-state index contributed by atoms with van der Waals surface area (Å²) < 4.78 is 12.5. The van der Waals surface area contributed by atoms with Crippen LogP contribution in [0.3, 0.4) is 0 Å². The summed E-state index contributed by atoms with van der Waals surface area (Å²) in [6, 6.07) is 18.5. The second kappa shape index (κ2) is 8.31. The third-order valence-corrected chi connectivity index (χ3v) is 5.73. The smallest absolute Gasteiger partial charge is 0.152 e. The maximum Gasteiger partial charge on any atom is 0.152 e. The molecule has 2 aromatic carbocycles. The van der Waals surface area contributed by atoms with Crippen molar-refractivity contribution in [1.82, 2.24) is 20.2 Å². The number of ether oxygens (including phenoxy) is 2. The van der Waals surface area contributed by atoms with Gasteiger partial charge < -0.3 is 9.47 Å². The van der Waals surface area contributed by atoms with Crippen LogP contribution in [0.1, 0.15) is 41.8 Å². The molecular weight excluding hydrogens is 366 g/mol. The molecule has 0 N–H and O–H groups in total. The highest BCUT2D eigenvalue weighted by atomic mass is 16.5. The van der Waals surface area contributed by atoms with E-state index in [9.17, 15) is 5.26 Å². The summed E-state index contributed by atoms with van der Waals surface area (Å²) in [6.45, 7) is 0. The van der Waals surface area contributed by atoms with Crippen molar-refractivity contribution in [3.63, 3.8) is 0 Å². The molecular formula is C22H23N5O2. The van der Waals surface area contributed by atoms with Gasteiger partial charge in [0.1, 0.15) is 11.5 Å². The van der Waals surface area contributed by atoms with Gasteiger partial charge in [0.2, 0.25) is 0 Å². The molecule has 0 spiro atoms. The zero-order chi connectivity index (χ0) is 20.2. The fourth-order valence-electron chi connectivity index (χ4n) is 4.32. The first kappa shape index (κ1) is 18.9. The quantitative estimate of drug-likeness (QED) is 0.614. The Kier molecular flexibility index (Phi) is 5.43. The van der Waals surface area contributed by atoms with Crippen molar-refractivity contribution in [1.29, 1.82) is 5.26 Å². The summed E-state index contributed by atoms with van der Waals surface area (Å²) in [5, 5.41) is 21.6. The third-order valence-electron chi connectivity index (χ3n) is 5.73. The maximum absolute atomic E-state index is 9.24. The number of aromatic nitrogens is 4. The highest BCUT2D eigenvalue weighted by Gasteiger charge is 2.41. The minimum absolute atomic E-state index is 0.0108. The molecule has 0 unspecified atom stereocenters. The van der Waals surface area contributed by atoms with Crippen LogP contribution >= 0.6 is 0 Å². The minimum Gasteiger partial charge on any atom is -0.497 e. The number of fused-ring (bicyclic) bond motifs is 1. The summed E-state index contributed by atoms with van der Waals surface area (Å²) >= 11 is 0. The van der Waals surface area contributed by atoms with Gasteiger partial charge >= 0.3 is 0 Å². The van der Waals surface area contributed by atoms with E-state index in [1.807, 2.05) is 28.9 Å². The van der Waals surface area contributed by atoms with Gasteiger partial charge in [0, 0.05) is 12.8 Å². The highest BCUT2D eigenvalue weighted by Crippen LogP contribution is 2.45. The molecule has 0 bridgehead atoms. The Morgan fingerprint density at radius 3 is 2.34 bits per heavy atom. The number of hydrogen-bond acceptors (Lipinski definition) is 6. The molecule has 0 saturated heterocycles. The first-order chi connectivity index (χ1) is 14.2. The zero-order valence-electron chi connectivity index (χ0n) is 16.5. The molecule has 29 heavy (non-hydrogen) atoms. The topological polar surface area (TPSA) is 85.9 Å². The number of benzene rings is 2. The molecule has 0 amide bonds. The van der Waals surface area contributed by atoms with Crippen LogP contribution in [-0.2, 0) is 6.42 Å². The Labute approximate surface area is 169 Å². The van der Waals surface area contributed by atoms with Crippen LogP contribution in [0, 0.1) is 17.2 Å². The molecule has 0 aliphatic carbocycles. The maximum atomic E-state index is 9.24. The second-order valence-electron chi connectivity index (χ2n) is 7.20. The van der Waals surface area contributed by atoms with Gasteiger partial charge in [-0.2, -0.15) is 5.26 Å². The number of methoxy groups -OCH3 is 2. The van der Waals surface area contributed by atoms with Crippen LogP contribution in [0.4, 0.5) is 0 Å². The average Bonchev–Trinajstić information content (AvgIpc) is 3.36. The first-order valence-electron chi connectivity index (χ1n) is 9.66. The van der Waals surface area contributed by atoms with Crippen LogP contribution in [0.25, 0.3) is 0 Å². The number of rotatable bonds is 7. The molecule has 7 heteroatoms. The lowest BCUT2D eigenvalue weighted by atomic mass is 9.76. The molecule has 0 fully saturated rings. The Balaban J connectivity index is 1.73. The molecule has 0 radical (unpaired) electrons. The SMILES string of the molecule is COc1ccc([C@H](CCC#N)[C@@H]2Cc3nnnn3[C@H]2c2ccc(OC)cc2)cc1. The van der Waals surface area contributed by atoms with E-state index in [1.54, 1.807) is 14.2 Å². The Bertz CT molecular complexity index is 991. The predicted octanol–water partition coefficient (Wildman–Crippen LogP) is 3.54. The number of hydrogen-bond donors (Lipinski definition) is 0. The molecule has 2 heterocycles. The van der Waals surface area contributed by atoms with Gasteiger partial charge in [0.15, 0.2) is 5.82 Å². The van der Waals surface area contributed by atoms with E-state index >= 15 is 0 Å². The Morgan fingerprint density at radius 1 is 1.07 bits per heavy atom. The van der Waals surface area contributed by atoms with Crippen molar-refractivity contribution >= 4 is 0 Å². The number of nitrogens with zero attached hydrogens (tertiary/aromatic N) is 5. The van der Waals surface area contributed by atoms with Crippen LogP contribution in [0.5, 0.6) is 11.5 Å². The fraction of sp³-hybridized carbons (Fsp3) is 0.364. The van der Waals surface area contributed by atoms with E-state index in [-0.39, 0.29) is 17.9 Å². The number of tetrazole rings is 1. The van der Waals surface area contributed by atoms with E-state index in [4.69, 9.17) is 9.47 Å². The first-order valence-corrected chi connectivity index (χ1v) is 9.66. The van der Waals surface area contributed by atoms with E-state index in [1.165, 1.54) is 5.56 Å². The predicted molar refractivity (Wildman–Crippen MR) is 107 cm³/mol. The summed E-state index contributed by atoms with van der Waals surface area (Å²) in [6.07, 6.45) is 2.04. The van der Waals surface area contributed by atoms with Gasteiger partial charge in [-0.1, -0.05) is 24.3 Å². The van der Waals surface area contributed by atoms with Gasteiger partial charge in [-0.25, -0.2) is 4.68 Å². The van der Waals surface area contributed by atoms with Crippen LogP contribution in [0.2, 0.25) is 0 Å². The van der Waals surface area contributed by atoms with E-state index in [0.29, 0.717) is 6.42 Å². The monoisotopic (exact) mass is 389 g/mol. The van der Waals surface area contributed by atoms with Crippen molar-refractivity contribution in [3.8, 4) is 17.6 Å². The molecule has 0 saturated carbocycles. The molecule has 7 nitrogen and oxygen atoms in total. The van der Waals surface area contributed by atoms with Crippen molar-refractivity contribution in [2.24, 2.45) is 5.92 Å². The lowest BCUT2D eigenvalue weighted by Crippen LogP contribution is -2.22. The van der Waals surface area contributed by atoms with Gasteiger partial charge in [0.05, 0.1) is 26.3 Å². The second-order valence-corrected chi connectivity index (χ2v) is 7.20. The van der Waals surface area contributed by atoms with Crippen LogP contribution in [-0.4, -0.2) is 34.4 Å². The molecule has 148 valence electrons. The third kappa shape index (κ3) is 3.66. The molecule has 3 atom stereocenters. The van der Waals surface area contributed by atoms with Crippen molar-refractivity contribution < 1.29 is 9.47 Å². The van der Waals surface area contributed by atoms with Gasteiger partial charge in [-0.05, 0) is 64.1 Å². The van der Waals surface area contributed by atoms with Crippen LogP contribution in [0.15, 0.2) is 48.5 Å². The highest BCUT2D eigenvalue weighted by molar-refractivity contribution is 5.34. The van der Waals surface area contributed by atoms with E-state index < -0.39 is 0 Å². The molecule has 4 rings (SSSR count). The van der Waals surface area contributed by atoms with Gasteiger partial charge in [0.25, 0.3) is 0 Å². The normalized spacial score (nSPS) is 18.7. The number of nitriles is 1. The largest absolute Gasteiger partial charge is 0.497 e. The summed E-state index contributed by atoms with van der Waals surface area (Å²) in [4.78, 5) is 0. The molecule has 1 aromatic heterocycles. The molecule has 1 aliphatic rings. The van der Waals surface area contributed by atoms with Crippen molar-refractivity contribution in [2.45, 2.75) is 31.2 Å². The Hall–Kier alpha value is -3.40. The van der Waals surface area contributed by atoms with Crippen molar-refractivity contribution in [2.75, 3.05) is 14.2 Å². The molecule has 1 aliphatic heterocycles. The van der Waals surface area contributed by atoms with Crippen molar-refractivity contribution in [3.05, 3.63) is 65.5 Å². The lowest BCUT2D eigenvalue weighted by molar-refractivity contribution is 0.330. The van der Waals surface area contributed by atoms with Gasteiger partial charge in [-0.15, -0.1) is 5.10 Å². The van der Waals surface area contributed by atoms with E-state index in [2.05, 4.69) is 45.9 Å². The standard InChI is InChI=1S/C22H23N5O2/c1-28-17-9-5-15(6-10-17)19(4-3-13-23)20-14-21-24-25-26-27(21)22(20)16-7-11-18(29-2)12-8-16/h5-12,19-20,22H,3-4,14H2,1-2H3/t19-,20-,22-/m0/s1.